The SMILES string of the molecule is CC(C)C(NC(=O)C(N)CC(=O)O)C(=O)NC(CCCCN)C(=O)NC(CC(=O)O)C(=O)O. The minimum absolute atomic E-state index is 0.0749. The quantitative estimate of drug-likeness (QED) is 0.109. The normalized spacial score (nSPS) is 14.5. The summed E-state index contributed by atoms with van der Waals surface area (Å²) in [5.74, 6) is -7.33. The van der Waals surface area contributed by atoms with Crippen molar-refractivity contribution in [1.29, 1.82) is 0 Å². The average molecular weight is 475 g/mol. The fourth-order valence-corrected chi connectivity index (χ4v) is 2.75. The van der Waals surface area contributed by atoms with Gasteiger partial charge in [0.1, 0.15) is 18.1 Å². The van der Waals surface area contributed by atoms with E-state index in [1.807, 2.05) is 0 Å². The highest BCUT2D eigenvalue weighted by Gasteiger charge is 2.32. The summed E-state index contributed by atoms with van der Waals surface area (Å²) in [6.45, 7) is 3.51. The van der Waals surface area contributed by atoms with Crippen LogP contribution < -0.4 is 27.4 Å². The van der Waals surface area contributed by atoms with E-state index in [0.29, 0.717) is 19.4 Å². The molecule has 0 aliphatic carbocycles. The smallest absolute Gasteiger partial charge is 0.326 e. The van der Waals surface area contributed by atoms with Gasteiger partial charge in [-0.15, -0.1) is 0 Å². The molecule has 10 N–H and O–H groups in total. The number of nitrogens with one attached hydrogen (secondary N) is 3. The molecule has 0 rings (SSSR count). The molecule has 0 aliphatic heterocycles. The minimum atomic E-state index is -1.71. The lowest BCUT2D eigenvalue weighted by Gasteiger charge is -2.26. The standard InChI is InChI=1S/C19H33N5O9/c1-9(2)15(24-16(29)10(21)7-13(25)26)18(31)22-11(5-3-4-6-20)17(30)23-12(19(32)33)8-14(27)28/h9-12,15H,3-8,20-21H2,1-2H3,(H,22,31)(H,23,30)(H,24,29)(H,25,26)(H,27,28)(H,32,33). The first-order valence-corrected chi connectivity index (χ1v) is 10.3. The summed E-state index contributed by atoms with van der Waals surface area (Å²) in [6.07, 6.45) is -0.538. The van der Waals surface area contributed by atoms with Crippen molar-refractivity contribution in [2.45, 2.75) is 70.1 Å². The maximum Gasteiger partial charge on any atom is 0.326 e. The van der Waals surface area contributed by atoms with Crippen molar-refractivity contribution in [3.8, 4) is 0 Å². The van der Waals surface area contributed by atoms with Crippen LogP contribution in [0.5, 0.6) is 0 Å². The molecule has 188 valence electrons. The van der Waals surface area contributed by atoms with Gasteiger partial charge in [0, 0.05) is 0 Å². The third-order valence-electron chi connectivity index (χ3n) is 4.55. The van der Waals surface area contributed by atoms with E-state index < -0.39 is 78.6 Å². The molecule has 0 radical (unpaired) electrons. The molecule has 0 saturated heterocycles. The highest BCUT2D eigenvalue weighted by atomic mass is 16.4. The van der Waals surface area contributed by atoms with E-state index >= 15 is 0 Å². The Balaban J connectivity index is 5.47. The number of amides is 3. The second kappa shape index (κ2) is 14.7. The molecule has 0 bridgehead atoms. The van der Waals surface area contributed by atoms with E-state index in [9.17, 15) is 28.8 Å². The van der Waals surface area contributed by atoms with Gasteiger partial charge in [0.2, 0.25) is 17.7 Å². The average Bonchev–Trinajstić information content (AvgIpc) is 2.69. The van der Waals surface area contributed by atoms with Gasteiger partial charge in [-0.05, 0) is 31.7 Å². The van der Waals surface area contributed by atoms with Crippen molar-refractivity contribution in [2.24, 2.45) is 17.4 Å². The number of unbranched alkanes of at least 4 members (excludes halogenated alkanes) is 1. The predicted octanol–water partition coefficient (Wildman–Crippen LogP) is -2.41. The number of rotatable bonds is 16. The number of carbonyl (C=O) groups excluding carboxylic acids is 3. The maximum absolute atomic E-state index is 12.8. The van der Waals surface area contributed by atoms with Crippen LogP contribution in [0.3, 0.4) is 0 Å². The third-order valence-corrected chi connectivity index (χ3v) is 4.55. The van der Waals surface area contributed by atoms with E-state index in [0.717, 1.165) is 0 Å². The first-order chi connectivity index (χ1) is 15.3. The Morgan fingerprint density at radius 3 is 1.76 bits per heavy atom. The van der Waals surface area contributed by atoms with Crippen molar-refractivity contribution in [3.05, 3.63) is 0 Å². The van der Waals surface area contributed by atoms with Crippen LogP contribution in [0, 0.1) is 5.92 Å². The van der Waals surface area contributed by atoms with Gasteiger partial charge in [-0.3, -0.25) is 24.0 Å². The molecule has 33 heavy (non-hydrogen) atoms. The summed E-state index contributed by atoms with van der Waals surface area (Å²) in [6, 6.07) is -5.51. The summed E-state index contributed by atoms with van der Waals surface area (Å²) in [5.41, 5.74) is 11.0. The predicted molar refractivity (Wildman–Crippen MR) is 114 cm³/mol. The number of carbonyl (C=O) groups is 6. The number of carboxylic acid groups (broad SMARTS) is 3. The molecular formula is C19H33N5O9. The second-order valence-electron chi connectivity index (χ2n) is 7.78. The van der Waals surface area contributed by atoms with Crippen LogP contribution >= 0.6 is 0 Å². The van der Waals surface area contributed by atoms with Gasteiger partial charge in [0.25, 0.3) is 0 Å². The van der Waals surface area contributed by atoms with Crippen molar-refractivity contribution in [3.63, 3.8) is 0 Å². The number of aliphatic carboxylic acids is 3. The van der Waals surface area contributed by atoms with Gasteiger partial charge in [0.15, 0.2) is 0 Å². The molecule has 0 spiro atoms. The molecule has 3 amide bonds. The number of nitrogens with two attached hydrogens (primary N) is 2. The Kier molecular flexibility index (Phi) is 13.3. The van der Waals surface area contributed by atoms with E-state index in [-0.39, 0.29) is 6.42 Å². The molecule has 0 saturated carbocycles. The van der Waals surface area contributed by atoms with Crippen molar-refractivity contribution in [1.82, 2.24) is 16.0 Å². The molecule has 4 unspecified atom stereocenters. The Morgan fingerprint density at radius 2 is 1.30 bits per heavy atom. The molecule has 0 aromatic heterocycles. The molecule has 14 heteroatoms. The first kappa shape index (κ1) is 29.7. The van der Waals surface area contributed by atoms with Crippen molar-refractivity contribution in [2.75, 3.05) is 6.54 Å². The number of hydrogen-bond acceptors (Lipinski definition) is 8. The van der Waals surface area contributed by atoms with Gasteiger partial charge < -0.3 is 42.7 Å². The Hall–Kier alpha value is -3.26. The molecule has 0 aromatic rings. The van der Waals surface area contributed by atoms with Crippen LogP contribution in [0.1, 0.15) is 46.0 Å². The summed E-state index contributed by atoms with van der Waals surface area (Å²) in [5, 5.41) is 33.6. The second-order valence-corrected chi connectivity index (χ2v) is 7.78. The zero-order chi connectivity index (χ0) is 25.7. The van der Waals surface area contributed by atoms with Crippen LogP contribution in [0.25, 0.3) is 0 Å². The monoisotopic (exact) mass is 475 g/mol. The summed E-state index contributed by atoms with van der Waals surface area (Å²) < 4.78 is 0. The van der Waals surface area contributed by atoms with Gasteiger partial charge in [-0.25, -0.2) is 4.79 Å². The molecule has 0 aromatic carbocycles. The highest BCUT2D eigenvalue weighted by molar-refractivity contribution is 5.95. The number of carboxylic acids is 3. The van der Waals surface area contributed by atoms with Crippen LogP contribution in [0.15, 0.2) is 0 Å². The lowest BCUT2D eigenvalue weighted by molar-refractivity contribution is -0.147. The van der Waals surface area contributed by atoms with Crippen LogP contribution in [0.2, 0.25) is 0 Å². The van der Waals surface area contributed by atoms with Crippen molar-refractivity contribution >= 4 is 35.6 Å². The first-order valence-electron chi connectivity index (χ1n) is 10.3. The largest absolute Gasteiger partial charge is 0.481 e. The fourth-order valence-electron chi connectivity index (χ4n) is 2.75. The molecule has 0 fully saturated rings. The fraction of sp³-hybridized carbons (Fsp3) is 0.684. The van der Waals surface area contributed by atoms with Crippen LogP contribution in [0.4, 0.5) is 0 Å². The van der Waals surface area contributed by atoms with E-state index in [1.54, 1.807) is 13.8 Å². The Labute approximate surface area is 190 Å². The van der Waals surface area contributed by atoms with Gasteiger partial charge in [-0.2, -0.15) is 0 Å². The Morgan fingerprint density at radius 1 is 0.758 bits per heavy atom. The molecule has 0 aliphatic rings. The lowest BCUT2D eigenvalue weighted by atomic mass is 10.0. The van der Waals surface area contributed by atoms with Crippen LogP contribution in [-0.4, -0.2) is 81.7 Å². The molecular weight excluding hydrogens is 442 g/mol. The molecule has 14 nitrogen and oxygen atoms in total. The minimum Gasteiger partial charge on any atom is -0.481 e. The van der Waals surface area contributed by atoms with E-state index in [1.165, 1.54) is 0 Å². The van der Waals surface area contributed by atoms with Gasteiger partial charge in [0.05, 0.1) is 18.9 Å². The maximum atomic E-state index is 12.8. The summed E-state index contributed by atoms with van der Waals surface area (Å²) >= 11 is 0. The van der Waals surface area contributed by atoms with Crippen LogP contribution in [-0.2, 0) is 28.8 Å². The summed E-state index contributed by atoms with van der Waals surface area (Å²) in [7, 11) is 0. The topological polar surface area (TPSA) is 251 Å². The highest BCUT2D eigenvalue weighted by Crippen LogP contribution is 2.07. The third kappa shape index (κ3) is 11.8. The Bertz CT molecular complexity index is 728. The zero-order valence-electron chi connectivity index (χ0n) is 18.6. The van der Waals surface area contributed by atoms with E-state index in [2.05, 4.69) is 16.0 Å². The van der Waals surface area contributed by atoms with Crippen molar-refractivity contribution < 1.29 is 44.1 Å². The lowest BCUT2D eigenvalue weighted by Crippen LogP contribution is -2.58. The summed E-state index contributed by atoms with van der Waals surface area (Å²) in [4.78, 5) is 70.5. The zero-order valence-corrected chi connectivity index (χ0v) is 18.6. The van der Waals surface area contributed by atoms with Gasteiger partial charge >= 0.3 is 17.9 Å². The van der Waals surface area contributed by atoms with E-state index in [4.69, 9.17) is 26.8 Å². The van der Waals surface area contributed by atoms with Gasteiger partial charge in [-0.1, -0.05) is 13.8 Å². The molecule has 4 atom stereocenters. The molecule has 0 heterocycles. The number of hydrogen-bond donors (Lipinski definition) is 8.